The largest absolute Gasteiger partial charge is 0.341 e. The van der Waals surface area contributed by atoms with Gasteiger partial charge in [0, 0.05) is 25.2 Å². The van der Waals surface area contributed by atoms with Crippen molar-refractivity contribution >= 4 is 11.8 Å². The monoisotopic (exact) mass is 277 g/mol. The molecular weight excluding hydrogens is 254 g/mol. The van der Waals surface area contributed by atoms with Gasteiger partial charge in [-0.25, -0.2) is 0 Å². The number of hydrogen-bond acceptors (Lipinski definition) is 3. The number of rotatable bonds is 6. The van der Waals surface area contributed by atoms with Crippen LogP contribution >= 0.6 is 0 Å². The molecule has 0 radical (unpaired) electrons. The third-order valence-electron chi connectivity index (χ3n) is 3.24. The average Bonchev–Trinajstić information content (AvgIpc) is 2.48. The third kappa shape index (κ3) is 4.06. The Bertz CT molecular complexity index is 453. The van der Waals surface area contributed by atoms with Crippen molar-refractivity contribution in [3.8, 4) is 0 Å². The highest BCUT2D eigenvalue weighted by Crippen LogP contribution is 2.04. The number of nitrogens with one attached hydrogen (secondary N) is 1. The van der Waals surface area contributed by atoms with Crippen LogP contribution in [0.4, 0.5) is 0 Å². The molecule has 0 aromatic heterocycles. The van der Waals surface area contributed by atoms with Gasteiger partial charge in [-0.05, 0) is 38.5 Å². The van der Waals surface area contributed by atoms with Crippen molar-refractivity contribution in [3.05, 3.63) is 35.4 Å². The number of carbonyl (C=O) groups is 2. The molecule has 0 fully saturated rings. The van der Waals surface area contributed by atoms with Gasteiger partial charge in [-0.2, -0.15) is 0 Å². The second kappa shape index (κ2) is 7.65. The number of nitrogens with two attached hydrogens (primary N) is 1. The van der Waals surface area contributed by atoms with Crippen LogP contribution in [0.25, 0.3) is 0 Å². The van der Waals surface area contributed by atoms with E-state index < -0.39 is 6.04 Å². The maximum absolute atomic E-state index is 12.1. The van der Waals surface area contributed by atoms with Gasteiger partial charge in [0.2, 0.25) is 5.91 Å². The average molecular weight is 277 g/mol. The Morgan fingerprint density at radius 1 is 1.20 bits per heavy atom. The number of carbonyl (C=O) groups excluding carboxylic acids is 2. The number of hydrogen-bond donors (Lipinski definition) is 2. The van der Waals surface area contributed by atoms with Gasteiger partial charge in [0.05, 0.1) is 0 Å². The second-order valence-electron chi connectivity index (χ2n) is 4.61. The summed E-state index contributed by atoms with van der Waals surface area (Å²) in [4.78, 5) is 25.8. The first-order chi connectivity index (χ1) is 9.53. The summed E-state index contributed by atoms with van der Waals surface area (Å²) < 4.78 is 0. The first-order valence-corrected chi connectivity index (χ1v) is 6.92. The molecule has 5 heteroatoms. The van der Waals surface area contributed by atoms with Crippen LogP contribution in [-0.2, 0) is 11.3 Å². The topological polar surface area (TPSA) is 75.4 Å². The summed E-state index contributed by atoms with van der Waals surface area (Å²) >= 11 is 0. The van der Waals surface area contributed by atoms with E-state index in [0.29, 0.717) is 25.2 Å². The molecule has 20 heavy (non-hydrogen) atoms. The van der Waals surface area contributed by atoms with E-state index >= 15 is 0 Å². The minimum absolute atomic E-state index is 0.0677. The van der Waals surface area contributed by atoms with Crippen molar-refractivity contribution in [2.45, 2.75) is 33.4 Å². The summed E-state index contributed by atoms with van der Waals surface area (Å²) in [7, 11) is 0. The fourth-order valence-electron chi connectivity index (χ4n) is 1.94. The van der Waals surface area contributed by atoms with E-state index in [9.17, 15) is 9.59 Å². The Morgan fingerprint density at radius 2 is 1.75 bits per heavy atom. The number of amides is 2. The van der Waals surface area contributed by atoms with Crippen LogP contribution in [0, 0.1) is 0 Å². The van der Waals surface area contributed by atoms with Crippen LogP contribution in [0.1, 0.15) is 36.7 Å². The zero-order chi connectivity index (χ0) is 15.1. The van der Waals surface area contributed by atoms with Crippen LogP contribution in [0.5, 0.6) is 0 Å². The summed E-state index contributed by atoms with van der Waals surface area (Å²) in [5.74, 6) is -0.316. The highest BCUT2D eigenvalue weighted by molar-refractivity contribution is 5.97. The number of likely N-dealkylation sites (N-methyl/N-ethyl adjacent to an activating group) is 1. The van der Waals surface area contributed by atoms with Crippen LogP contribution in [0.2, 0.25) is 0 Å². The predicted octanol–water partition coefficient (Wildman–Crippen LogP) is 1.13. The second-order valence-corrected chi connectivity index (χ2v) is 4.61. The summed E-state index contributed by atoms with van der Waals surface area (Å²) in [5.41, 5.74) is 7.01. The van der Waals surface area contributed by atoms with Gasteiger partial charge in [-0.15, -0.1) is 0 Å². The summed E-state index contributed by atoms with van der Waals surface area (Å²) in [6.45, 7) is 7.26. The highest BCUT2D eigenvalue weighted by atomic mass is 16.2. The molecule has 1 aromatic rings. The number of nitrogens with zero attached hydrogens (tertiary/aromatic N) is 1. The lowest BCUT2D eigenvalue weighted by Crippen LogP contribution is -2.46. The summed E-state index contributed by atoms with van der Waals surface area (Å²) in [5, 5.41) is 2.72. The Morgan fingerprint density at radius 3 is 2.20 bits per heavy atom. The van der Waals surface area contributed by atoms with Gasteiger partial charge < -0.3 is 16.0 Å². The van der Waals surface area contributed by atoms with E-state index in [2.05, 4.69) is 5.32 Å². The zero-order valence-corrected chi connectivity index (χ0v) is 12.3. The molecule has 110 valence electrons. The van der Waals surface area contributed by atoms with Crippen LogP contribution in [-0.4, -0.2) is 35.8 Å². The minimum atomic E-state index is -0.531. The highest BCUT2D eigenvalue weighted by Gasteiger charge is 2.20. The van der Waals surface area contributed by atoms with Crippen LogP contribution in [0.3, 0.4) is 0 Å². The molecule has 0 heterocycles. The summed E-state index contributed by atoms with van der Waals surface area (Å²) in [6.07, 6.45) is 0. The molecule has 0 spiro atoms. The van der Waals surface area contributed by atoms with E-state index in [1.807, 2.05) is 26.0 Å². The fraction of sp³-hybridized carbons (Fsp3) is 0.467. The molecule has 3 N–H and O–H groups in total. The maximum atomic E-state index is 12.1. The molecule has 0 aliphatic heterocycles. The van der Waals surface area contributed by atoms with E-state index in [1.165, 1.54) is 0 Å². The molecule has 0 saturated carbocycles. The molecular formula is C15H23N3O2. The molecule has 1 aromatic carbocycles. The van der Waals surface area contributed by atoms with E-state index in [0.717, 1.165) is 5.56 Å². The fourth-order valence-corrected chi connectivity index (χ4v) is 1.94. The van der Waals surface area contributed by atoms with Crippen LogP contribution < -0.4 is 11.1 Å². The zero-order valence-electron chi connectivity index (χ0n) is 12.3. The Balaban J connectivity index is 2.66. The van der Waals surface area contributed by atoms with Crippen molar-refractivity contribution in [2.75, 3.05) is 13.1 Å². The van der Waals surface area contributed by atoms with Crippen LogP contribution in [0.15, 0.2) is 24.3 Å². The molecule has 5 nitrogen and oxygen atoms in total. The smallest absolute Gasteiger partial charge is 0.251 e. The molecule has 1 atom stereocenters. The molecule has 1 rings (SSSR count). The van der Waals surface area contributed by atoms with Gasteiger partial charge in [-0.1, -0.05) is 12.1 Å². The Labute approximate surface area is 120 Å². The van der Waals surface area contributed by atoms with Gasteiger partial charge in [0.25, 0.3) is 5.91 Å². The molecule has 2 amide bonds. The summed E-state index contributed by atoms with van der Waals surface area (Å²) in [6, 6.07) is 6.52. The van der Waals surface area contributed by atoms with Crippen molar-refractivity contribution in [1.29, 1.82) is 0 Å². The standard InChI is InChI=1S/C15H23N3O2/c1-4-18(5-2)15(20)11(3)17-14(19)13-8-6-12(10-16)7-9-13/h6-9,11H,4-5,10,16H2,1-3H3,(H,17,19). The Kier molecular flexibility index (Phi) is 6.18. The lowest BCUT2D eigenvalue weighted by Gasteiger charge is -2.23. The predicted molar refractivity (Wildman–Crippen MR) is 79.2 cm³/mol. The Hall–Kier alpha value is -1.88. The van der Waals surface area contributed by atoms with Gasteiger partial charge in [-0.3, -0.25) is 9.59 Å². The van der Waals surface area contributed by atoms with Crippen molar-refractivity contribution in [1.82, 2.24) is 10.2 Å². The quantitative estimate of drug-likeness (QED) is 0.818. The molecule has 0 aliphatic carbocycles. The van der Waals surface area contributed by atoms with Gasteiger partial charge in [0.15, 0.2) is 0 Å². The minimum Gasteiger partial charge on any atom is -0.341 e. The van der Waals surface area contributed by atoms with Crippen molar-refractivity contribution in [2.24, 2.45) is 5.73 Å². The first kappa shape index (κ1) is 16.2. The van der Waals surface area contributed by atoms with E-state index in [4.69, 9.17) is 5.73 Å². The molecule has 0 bridgehead atoms. The van der Waals surface area contributed by atoms with Gasteiger partial charge >= 0.3 is 0 Å². The van der Waals surface area contributed by atoms with E-state index in [-0.39, 0.29) is 11.8 Å². The van der Waals surface area contributed by atoms with Crippen molar-refractivity contribution in [3.63, 3.8) is 0 Å². The SMILES string of the molecule is CCN(CC)C(=O)C(C)NC(=O)c1ccc(CN)cc1. The lowest BCUT2D eigenvalue weighted by molar-refractivity contribution is -0.132. The molecule has 1 unspecified atom stereocenters. The van der Waals surface area contributed by atoms with E-state index in [1.54, 1.807) is 24.0 Å². The molecule has 0 saturated heterocycles. The normalized spacial score (nSPS) is 11.8. The third-order valence-corrected chi connectivity index (χ3v) is 3.24. The molecule has 0 aliphatic rings. The van der Waals surface area contributed by atoms with Crippen molar-refractivity contribution < 1.29 is 9.59 Å². The first-order valence-electron chi connectivity index (χ1n) is 6.92. The maximum Gasteiger partial charge on any atom is 0.251 e. The van der Waals surface area contributed by atoms with Gasteiger partial charge in [0.1, 0.15) is 6.04 Å². The number of benzene rings is 1. The lowest BCUT2D eigenvalue weighted by atomic mass is 10.1.